The van der Waals surface area contributed by atoms with Gasteiger partial charge in [0.05, 0.1) is 6.61 Å². The van der Waals surface area contributed by atoms with Gasteiger partial charge >= 0.3 is 0 Å². The third-order valence-electron chi connectivity index (χ3n) is 3.51. The van der Waals surface area contributed by atoms with Crippen molar-refractivity contribution < 1.29 is 9.53 Å². The second kappa shape index (κ2) is 8.33. The van der Waals surface area contributed by atoms with Gasteiger partial charge in [0.25, 0.3) is 0 Å². The summed E-state index contributed by atoms with van der Waals surface area (Å²) in [7, 11) is 0. The first kappa shape index (κ1) is 18.5. The molecule has 6 heteroatoms. The molecule has 0 aliphatic carbocycles. The van der Waals surface area contributed by atoms with Crippen LogP contribution in [0.25, 0.3) is 0 Å². The molecule has 0 atom stereocenters. The lowest BCUT2D eigenvalue weighted by Crippen LogP contribution is -2.19. The van der Waals surface area contributed by atoms with Gasteiger partial charge in [-0.2, -0.15) is 0 Å². The number of aldehydes is 1. The van der Waals surface area contributed by atoms with Crippen LogP contribution in [0.15, 0.2) is 29.4 Å². The monoisotopic (exact) mass is 347 g/mol. The van der Waals surface area contributed by atoms with Crippen molar-refractivity contribution in [1.82, 2.24) is 14.8 Å². The fourth-order valence-electron chi connectivity index (χ4n) is 2.29. The zero-order valence-corrected chi connectivity index (χ0v) is 15.6. The highest BCUT2D eigenvalue weighted by molar-refractivity contribution is 7.99. The Bertz CT molecular complexity index is 660. The molecule has 0 N–H and O–H groups in total. The highest BCUT2D eigenvalue weighted by Crippen LogP contribution is 2.25. The zero-order chi connectivity index (χ0) is 17.6. The van der Waals surface area contributed by atoms with Crippen molar-refractivity contribution in [1.29, 1.82) is 0 Å². The fraction of sp³-hybridized carbons (Fsp3) is 0.500. The van der Waals surface area contributed by atoms with Crippen LogP contribution in [-0.4, -0.2) is 33.4 Å². The molecule has 24 heavy (non-hydrogen) atoms. The summed E-state index contributed by atoms with van der Waals surface area (Å²) in [6.45, 7) is 10.1. The number of benzene rings is 1. The zero-order valence-electron chi connectivity index (χ0n) is 14.8. The lowest BCUT2D eigenvalue weighted by atomic mass is 9.96. The van der Waals surface area contributed by atoms with Crippen molar-refractivity contribution in [2.45, 2.75) is 51.2 Å². The van der Waals surface area contributed by atoms with Crippen LogP contribution in [0.2, 0.25) is 0 Å². The summed E-state index contributed by atoms with van der Waals surface area (Å²) in [5.41, 5.74) is 0.657. The third-order valence-corrected chi connectivity index (χ3v) is 4.56. The molecule has 0 spiro atoms. The molecule has 0 unspecified atom stereocenters. The smallest absolute Gasteiger partial charge is 0.191 e. The molecule has 0 saturated carbocycles. The van der Waals surface area contributed by atoms with Crippen LogP contribution in [0.3, 0.4) is 0 Å². The number of aromatic nitrogens is 3. The average Bonchev–Trinajstić information content (AvgIpc) is 2.98. The molecule has 0 fully saturated rings. The molecule has 1 heterocycles. The number of rotatable bonds is 8. The Balaban J connectivity index is 1.80. The number of hydrogen-bond acceptors (Lipinski definition) is 5. The Kier molecular flexibility index (Phi) is 6.43. The summed E-state index contributed by atoms with van der Waals surface area (Å²) < 4.78 is 7.87. The quantitative estimate of drug-likeness (QED) is 0.411. The molecule has 130 valence electrons. The summed E-state index contributed by atoms with van der Waals surface area (Å²) in [4.78, 5) is 10.6. The van der Waals surface area contributed by atoms with E-state index in [0.717, 1.165) is 41.7 Å². The van der Waals surface area contributed by atoms with Crippen LogP contribution in [0.5, 0.6) is 5.75 Å². The van der Waals surface area contributed by atoms with Gasteiger partial charge in [-0.1, -0.05) is 32.5 Å². The van der Waals surface area contributed by atoms with Crippen molar-refractivity contribution in [2.24, 2.45) is 0 Å². The minimum absolute atomic E-state index is 0.00138. The first-order chi connectivity index (χ1) is 11.5. The predicted molar refractivity (Wildman–Crippen MR) is 97.1 cm³/mol. The minimum Gasteiger partial charge on any atom is -0.494 e. The van der Waals surface area contributed by atoms with E-state index in [1.807, 2.05) is 12.1 Å². The molecular weight excluding hydrogens is 322 g/mol. The van der Waals surface area contributed by atoms with Crippen LogP contribution in [0, 0.1) is 0 Å². The maximum atomic E-state index is 10.6. The standard InChI is InChI=1S/C18H25N3O2S/c1-5-21-16(18(2,3)4)19-20-17(21)24-12-6-11-23-15-9-7-14(13-22)8-10-15/h7-10,13H,5-6,11-12H2,1-4H3. The van der Waals surface area contributed by atoms with E-state index < -0.39 is 0 Å². The van der Waals surface area contributed by atoms with E-state index in [1.54, 1.807) is 23.9 Å². The lowest BCUT2D eigenvalue weighted by Gasteiger charge is -2.18. The van der Waals surface area contributed by atoms with Crippen molar-refractivity contribution in [2.75, 3.05) is 12.4 Å². The largest absolute Gasteiger partial charge is 0.494 e. The maximum Gasteiger partial charge on any atom is 0.191 e. The second-order valence-electron chi connectivity index (χ2n) is 6.54. The normalized spacial score (nSPS) is 11.5. The number of thioether (sulfide) groups is 1. The first-order valence-corrected chi connectivity index (χ1v) is 9.18. The second-order valence-corrected chi connectivity index (χ2v) is 7.60. The van der Waals surface area contributed by atoms with Gasteiger partial charge in [-0.05, 0) is 37.6 Å². The molecule has 0 bridgehead atoms. The highest BCUT2D eigenvalue weighted by atomic mass is 32.2. The molecule has 0 aliphatic rings. The summed E-state index contributed by atoms with van der Waals surface area (Å²) in [5.74, 6) is 2.74. The Hall–Kier alpha value is -1.82. The average molecular weight is 347 g/mol. The van der Waals surface area contributed by atoms with Gasteiger partial charge in [-0.15, -0.1) is 10.2 Å². The van der Waals surface area contributed by atoms with Crippen LogP contribution in [-0.2, 0) is 12.0 Å². The highest BCUT2D eigenvalue weighted by Gasteiger charge is 2.23. The van der Waals surface area contributed by atoms with E-state index in [0.29, 0.717) is 12.2 Å². The molecule has 0 saturated heterocycles. The molecule has 0 radical (unpaired) electrons. The molecule has 0 aliphatic heterocycles. The van der Waals surface area contributed by atoms with Gasteiger partial charge in [-0.25, -0.2) is 0 Å². The van der Waals surface area contributed by atoms with E-state index in [-0.39, 0.29) is 5.41 Å². The molecule has 2 aromatic rings. The van der Waals surface area contributed by atoms with Crippen LogP contribution in [0.1, 0.15) is 50.3 Å². The Morgan fingerprint density at radius 3 is 2.50 bits per heavy atom. The number of hydrogen-bond donors (Lipinski definition) is 0. The third kappa shape index (κ3) is 4.84. The SMILES string of the molecule is CCn1c(SCCCOc2ccc(C=O)cc2)nnc1C(C)(C)C. The molecular formula is C18H25N3O2S. The van der Waals surface area contributed by atoms with E-state index >= 15 is 0 Å². The lowest BCUT2D eigenvalue weighted by molar-refractivity contribution is 0.112. The number of ether oxygens (including phenoxy) is 1. The van der Waals surface area contributed by atoms with Gasteiger partial charge in [0.1, 0.15) is 17.9 Å². The van der Waals surface area contributed by atoms with Crippen molar-refractivity contribution in [3.8, 4) is 5.75 Å². The summed E-state index contributed by atoms with van der Waals surface area (Å²) in [6.07, 6.45) is 1.75. The summed E-state index contributed by atoms with van der Waals surface area (Å²) in [6, 6.07) is 7.16. The van der Waals surface area contributed by atoms with Gasteiger partial charge in [0.2, 0.25) is 0 Å². The van der Waals surface area contributed by atoms with Crippen molar-refractivity contribution in [3.05, 3.63) is 35.7 Å². The van der Waals surface area contributed by atoms with Gasteiger partial charge < -0.3 is 9.30 Å². The van der Waals surface area contributed by atoms with E-state index in [4.69, 9.17) is 4.74 Å². The maximum absolute atomic E-state index is 10.6. The van der Waals surface area contributed by atoms with Gasteiger partial charge in [0.15, 0.2) is 5.16 Å². The molecule has 0 amide bonds. The fourth-order valence-corrected chi connectivity index (χ4v) is 3.21. The summed E-state index contributed by atoms with van der Waals surface area (Å²) in [5, 5.41) is 9.65. The number of nitrogens with zero attached hydrogens (tertiary/aromatic N) is 3. The van der Waals surface area contributed by atoms with Crippen molar-refractivity contribution in [3.63, 3.8) is 0 Å². The molecule has 1 aromatic heterocycles. The van der Waals surface area contributed by atoms with E-state index in [1.165, 1.54) is 0 Å². The van der Waals surface area contributed by atoms with Crippen LogP contribution >= 0.6 is 11.8 Å². The summed E-state index contributed by atoms with van der Waals surface area (Å²) >= 11 is 1.71. The van der Waals surface area contributed by atoms with E-state index in [9.17, 15) is 4.79 Å². The molecule has 1 aromatic carbocycles. The van der Waals surface area contributed by atoms with Crippen molar-refractivity contribution >= 4 is 18.0 Å². The topological polar surface area (TPSA) is 57.0 Å². The predicted octanol–water partition coefficient (Wildman–Crippen LogP) is 3.97. The number of carbonyl (C=O) groups excluding carboxylic acids is 1. The molecule has 2 rings (SSSR count). The first-order valence-electron chi connectivity index (χ1n) is 8.20. The minimum atomic E-state index is -0.00138. The molecule has 5 nitrogen and oxygen atoms in total. The number of carbonyl (C=O) groups is 1. The van der Waals surface area contributed by atoms with E-state index in [2.05, 4.69) is 42.5 Å². The Morgan fingerprint density at radius 2 is 1.92 bits per heavy atom. The van der Waals surface area contributed by atoms with Crippen LogP contribution in [0.4, 0.5) is 0 Å². The van der Waals surface area contributed by atoms with Gasteiger partial charge in [-0.3, -0.25) is 4.79 Å². The Labute approximate surface area is 147 Å². The Morgan fingerprint density at radius 1 is 1.21 bits per heavy atom. The van der Waals surface area contributed by atoms with Crippen LogP contribution < -0.4 is 4.74 Å². The van der Waals surface area contributed by atoms with Gasteiger partial charge in [0, 0.05) is 23.3 Å².